The third-order valence-electron chi connectivity index (χ3n) is 3.12. The summed E-state index contributed by atoms with van der Waals surface area (Å²) in [6.45, 7) is 9.03. The number of hydrogen-bond acceptors (Lipinski definition) is 3. The quantitative estimate of drug-likeness (QED) is 0.837. The van der Waals surface area contributed by atoms with Crippen LogP contribution in [0.25, 0.3) is 0 Å². The Labute approximate surface area is 117 Å². The Morgan fingerprint density at radius 3 is 2.16 bits per heavy atom. The van der Waals surface area contributed by atoms with Crippen LogP contribution in [-0.4, -0.2) is 26.8 Å². The first-order valence-corrected chi connectivity index (χ1v) is 8.58. The van der Waals surface area contributed by atoms with Gasteiger partial charge in [0.15, 0.2) is 9.84 Å². The van der Waals surface area contributed by atoms with E-state index >= 15 is 0 Å². The van der Waals surface area contributed by atoms with Crippen molar-refractivity contribution < 1.29 is 8.42 Å². The maximum atomic E-state index is 12.2. The molecule has 1 aromatic rings. The number of benzene rings is 1. The van der Waals surface area contributed by atoms with E-state index in [1.54, 1.807) is 12.1 Å². The van der Waals surface area contributed by atoms with Crippen LogP contribution < -0.4 is 5.32 Å². The third kappa shape index (κ3) is 4.96. The topological polar surface area (TPSA) is 46.2 Å². The average molecular weight is 283 g/mol. The van der Waals surface area contributed by atoms with Crippen LogP contribution in [0.1, 0.15) is 45.6 Å². The van der Waals surface area contributed by atoms with E-state index in [0.29, 0.717) is 10.8 Å². The van der Waals surface area contributed by atoms with Crippen molar-refractivity contribution in [3.8, 4) is 0 Å². The fourth-order valence-electron chi connectivity index (χ4n) is 1.94. The van der Waals surface area contributed by atoms with Gasteiger partial charge in [0.1, 0.15) is 0 Å². The van der Waals surface area contributed by atoms with E-state index in [0.717, 1.165) is 18.5 Å². The molecule has 0 radical (unpaired) electrons. The van der Waals surface area contributed by atoms with Gasteiger partial charge in [0.05, 0.1) is 10.6 Å². The van der Waals surface area contributed by atoms with Crippen molar-refractivity contribution in [2.75, 3.05) is 12.3 Å². The second-order valence-corrected chi connectivity index (χ2v) is 7.39. The van der Waals surface area contributed by atoms with Crippen LogP contribution in [0.5, 0.6) is 0 Å². The first kappa shape index (κ1) is 16.2. The largest absolute Gasteiger partial charge is 0.313 e. The Morgan fingerprint density at radius 1 is 1.11 bits per heavy atom. The minimum absolute atomic E-state index is 0.0188. The van der Waals surface area contributed by atoms with Gasteiger partial charge >= 0.3 is 0 Å². The summed E-state index contributed by atoms with van der Waals surface area (Å²) in [7, 11) is -3.19. The molecule has 19 heavy (non-hydrogen) atoms. The Balaban J connectivity index is 2.77. The minimum atomic E-state index is -3.19. The number of rotatable bonds is 7. The van der Waals surface area contributed by atoms with Gasteiger partial charge in [-0.1, -0.05) is 32.9 Å². The van der Waals surface area contributed by atoms with Crippen molar-refractivity contribution >= 4 is 9.84 Å². The molecule has 0 fully saturated rings. The molecule has 0 aliphatic rings. The van der Waals surface area contributed by atoms with Crippen molar-refractivity contribution in [3.05, 3.63) is 29.8 Å². The van der Waals surface area contributed by atoms with Gasteiger partial charge in [-0.15, -0.1) is 0 Å². The Bertz CT molecular complexity index is 477. The van der Waals surface area contributed by atoms with E-state index < -0.39 is 9.84 Å². The van der Waals surface area contributed by atoms with Gasteiger partial charge in [-0.05, 0) is 43.5 Å². The molecule has 1 aromatic carbocycles. The van der Waals surface area contributed by atoms with Crippen LogP contribution in [0.15, 0.2) is 29.2 Å². The maximum absolute atomic E-state index is 12.2. The Hall–Kier alpha value is -0.870. The zero-order valence-corrected chi connectivity index (χ0v) is 13.1. The molecule has 3 nitrogen and oxygen atoms in total. The van der Waals surface area contributed by atoms with Crippen LogP contribution in [-0.2, 0) is 9.84 Å². The number of nitrogens with one attached hydrogen (secondary N) is 1. The molecule has 0 bridgehead atoms. The summed E-state index contributed by atoms with van der Waals surface area (Å²) in [5, 5.41) is 3.21. The third-order valence-corrected chi connectivity index (χ3v) is 5.05. The fraction of sp³-hybridized carbons (Fsp3) is 0.600. The highest BCUT2D eigenvalue weighted by atomic mass is 32.2. The molecular formula is C15H25NO2S. The molecule has 0 aliphatic heterocycles. The molecule has 1 unspecified atom stereocenters. The molecule has 1 rings (SSSR count). The van der Waals surface area contributed by atoms with Crippen molar-refractivity contribution in [2.24, 2.45) is 0 Å². The Morgan fingerprint density at radius 2 is 1.68 bits per heavy atom. The molecule has 108 valence electrons. The van der Waals surface area contributed by atoms with Crippen LogP contribution in [0.2, 0.25) is 0 Å². The standard InChI is InChI=1S/C15H25NO2S/c1-5-10-16-13(4)11-19(17,18)15-8-6-14(7-9-15)12(2)3/h6-9,12-13,16H,5,10-11H2,1-4H3. The molecular weight excluding hydrogens is 258 g/mol. The lowest BCUT2D eigenvalue weighted by Crippen LogP contribution is -2.33. The van der Waals surface area contributed by atoms with E-state index in [2.05, 4.69) is 26.1 Å². The monoisotopic (exact) mass is 283 g/mol. The second kappa shape index (κ2) is 7.06. The van der Waals surface area contributed by atoms with Crippen molar-refractivity contribution in [1.82, 2.24) is 5.32 Å². The molecule has 0 amide bonds. The zero-order valence-electron chi connectivity index (χ0n) is 12.3. The molecule has 0 aromatic heterocycles. The molecule has 0 saturated heterocycles. The SMILES string of the molecule is CCCNC(C)CS(=O)(=O)c1ccc(C(C)C)cc1. The molecule has 0 spiro atoms. The predicted octanol–water partition coefficient (Wildman–Crippen LogP) is 2.97. The number of sulfone groups is 1. The lowest BCUT2D eigenvalue weighted by Gasteiger charge is -2.14. The van der Waals surface area contributed by atoms with E-state index in [9.17, 15) is 8.42 Å². The fourth-order valence-corrected chi connectivity index (χ4v) is 3.45. The summed E-state index contributed by atoms with van der Waals surface area (Å²) in [6, 6.07) is 7.23. The minimum Gasteiger partial charge on any atom is -0.313 e. The number of hydrogen-bond donors (Lipinski definition) is 1. The lowest BCUT2D eigenvalue weighted by atomic mass is 10.0. The van der Waals surface area contributed by atoms with E-state index in [4.69, 9.17) is 0 Å². The summed E-state index contributed by atoms with van der Waals surface area (Å²) in [5.74, 6) is 0.565. The Kier molecular flexibility index (Phi) is 6.01. The van der Waals surface area contributed by atoms with E-state index in [-0.39, 0.29) is 11.8 Å². The normalized spacial score (nSPS) is 13.7. The van der Waals surface area contributed by atoms with Crippen molar-refractivity contribution in [2.45, 2.75) is 51.0 Å². The maximum Gasteiger partial charge on any atom is 0.179 e. The van der Waals surface area contributed by atoms with Crippen molar-refractivity contribution in [3.63, 3.8) is 0 Å². The van der Waals surface area contributed by atoms with E-state index in [1.807, 2.05) is 19.1 Å². The lowest BCUT2D eigenvalue weighted by molar-refractivity contribution is 0.555. The van der Waals surface area contributed by atoms with Gasteiger partial charge in [0.2, 0.25) is 0 Å². The highest BCUT2D eigenvalue weighted by Crippen LogP contribution is 2.18. The van der Waals surface area contributed by atoms with Gasteiger partial charge in [0.25, 0.3) is 0 Å². The summed E-state index contributed by atoms with van der Waals surface area (Å²) >= 11 is 0. The predicted molar refractivity (Wildman–Crippen MR) is 80.3 cm³/mol. The summed E-state index contributed by atoms with van der Waals surface area (Å²) in [6.07, 6.45) is 1.01. The highest BCUT2D eigenvalue weighted by Gasteiger charge is 2.18. The van der Waals surface area contributed by atoms with Gasteiger partial charge in [-0.25, -0.2) is 8.42 Å². The van der Waals surface area contributed by atoms with Gasteiger partial charge in [-0.2, -0.15) is 0 Å². The van der Waals surface area contributed by atoms with Crippen LogP contribution in [0.3, 0.4) is 0 Å². The van der Waals surface area contributed by atoms with Crippen molar-refractivity contribution in [1.29, 1.82) is 0 Å². The molecule has 0 aliphatic carbocycles. The first-order chi connectivity index (χ1) is 8.86. The summed E-state index contributed by atoms with van der Waals surface area (Å²) in [5.41, 5.74) is 1.16. The van der Waals surface area contributed by atoms with Gasteiger partial charge < -0.3 is 5.32 Å². The smallest absolute Gasteiger partial charge is 0.179 e. The molecule has 1 atom stereocenters. The second-order valence-electron chi connectivity index (χ2n) is 5.36. The van der Waals surface area contributed by atoms with Gasteiger partial charge in [0, 0.05) is 6.04 Å². The zero-order chi connectivity index (χ0) is 14.5. The van der Waals surface area contributed by atoms with Crippen LogP contribution in [0.4, 0.5) is 0 Å². The van der Waals surface area contributed by atoms with Crippen LogP contribution in [0, 0.1) is 0 Å². The molecule has 1 N–H and O–H groups in total. The molecule has 0 saturated carbocycles. The summed E-state index contributed by atoms with van der Waals surface area (Å²) in [4.78, 5) is 0.419. The van der Waals surface area contributed by atoms with Gasteiger partial charge in [-0.3, -0.25) is 0 Å². The molecule has 0 heterocycles. The first-order valence-electron chi connectivity index (χ1n) is 6.93. The average Bonchev–Trinajstić information content (AvgIpc) is 2.36. The summed E-state index contributed by atoms with van der Waals surface area (Å²) < 4.78 is 24.5. The van der Waals surface area contributed by atoms with E-state index in [1.165, 1.54) is 0 Å². The van der Waals surface area contributed by atoms with Crippen LogP contribution >= 0.6 is 0 Å². The molecule has 4 heteroatoms. The highest BCUT2D eigenvalue weighted by molar-refractivity contribution is 7.91.